The highest BCUT2D eigenvalue weighted by atomic mass is 32.1. The van der Waals surface area contributed by atoms with Crippen LogP contribution in [0.15, 0.2) is 40.5 Å². The van der Waals surface area contributed by atoms with Crippen LogP contribution in [-0.4, -0.2) is 34.6 Å². The molecule has 2 fully saturated rings. The van der Waals surface area contributed by atoms with Gasteiger partial charge in [-0.1, -0.05) is 42.7 Å². The van der Waals surface area contributed by atoms with Crippen molar-refractivity contribution in [2.45, 2.75) is 58.0 Å². The average Bonchev–Trinajstić information content (AvgIpc) is 3.49. The van der Waals surface area contributed by atoms with Crippen LogP contribution in [0.5, 0.6) is 0 Å². The molecule has 3 aromatic rings. The molecule has 32 heavy (non-hydrogen) atoms. The maximum atomic E-state index is 13.4. The number of carbonyl (C=O) groups excluding carboxylic acids is 1. The second kappa shape index (κ2) is 9.06. The molecule has 0 unspecified atom stereocenters. The summed E-state index contributed by atoms with van der Waals surface area (Å²) in [5, 5.41) is 5.19. The van der Waals surface area contributed by atoms with Crippen LogP contribution < -0.4 is 15.8 Å². The molecule has 3 heterocycles. The van der Waals surface area contributed by atoms with E-state index in [1.807, 2.05) is 11.4 Å². The molecule has 2 aromatic heterocycles. The van der Waals surface area contributed by atoms with E-state index in [2.05, 4.69) is 41.4 Å². The Kier molecular flexibility index (Phi) is 6.00. The molecule has 0 radical (unpaired) electrons. The average molecular weight is 451 g/mol. The van der Waals surface area contributed by atoms with E-state index in [1.165, 1.54) is 29.7 Å². The molecule has 5 rings (SSSR count). The van der Waals surface area contributed by atoms with E-state index in [4.69, 9.17) is 4.98 Å². The van der Waals surface area contributed by atoms with Crippen LogP contribution in [0.1, 0.15) is 49.7 Å². The first-order valence-electron chi connectivity index (χ1n) is 11.7. The zero-order chi connectivity index (χ0) is 22.1. The largest absolute Gasteiger partial charge is 0.353 e. The van der Waals surface area contributed by atoms with E-state index in [9.17, 15) is 9.59 Å². The Hall–Kier alpha value is -2.67. The highest BCUT2D eigenvalue weighted by molar-refractivity contribution is 7.17. The summed E-state index contributed by atoms with van der Waals surface area (Å²) in [5.74, 6) is 0.776. The van der Waals surface area contributed by atoms with Crippen molar-refractivity contribution in [1.29, 1.82) is 0 Å². The minimum absolute atomic E-state index is 0.00175. The van der Waals surface area contributed by atoms with Gasteiger partial charge in [-0.05, 0) is 49.6 Å². The number of rotatable bonds is 5. The van der Waals surface area contributed by atoms with Crippen molar-refractivity contribution in [1.82, 2.24) is 14.9 Å². The molecule has 1 aliphatic heterocycles. The number of benzene rings is 1. The van der Waals surface area contributed by atoms with Crippen molar-refractivity contribution in [2.75, 3.05) is 18.0 Å². The lowest BCUT2D eigenvalue weighted by atomic mass is 9.97. The molecule has 2 aliphatic rings. The molecule has 0 bridgehead atoms. The van der Waals surface area contributed by atoms with E-state index >= 15 is 0 Å². The molecule has 1 saturated carbocycles. The smallest absolute Gasteiger partial charge is 0.273 e. The van der Waals surface area contributed by atoms with Gasteiger partial charge in [-0.15, -0.1) is 11.3 Å². The Bertz CT molecular complexity index is 1160. The van der Waals surface area contributed by atoms with Crippen LogP contribution in [0.25, 0.3) is 10.2 Å². The van der Waals surface area contributed by atoms with Gasteiger partial charge in [-0.25, -0.2) is 4.98 Å². The van der Waals surface area contributed by atoms with E-state index in [0.717, 1.165) is 43.3 Å². The maximum absolute atomic E-state index is 13.4. The SMILES string of the molecule is Cc1ccc(Cn2c(N3CCC[C@H](C(=O)NC4CCCC4)C3)nc3ccsc3c2=O)cc1. The Balaban J connectivity index is 1.44. The minimum Gasteiger partial charge on any atom is -0.353 e. The van der Waals surface area contributed by atoms with Gasteiger partial charge in [0, 0.05) is 19.1 Å². The van der Waals surface area contributed by atoms with Gasteiger partial charge >= 0.3 is 0 Å². The van der Waals surface area contributed by atoms with Crippen molar-refractivity contribution < 1.29 is 4.79 Å². The van der Waals surface area contributed by atoms with Crippen molar-refractivity contribution in [3.63, 3.8) is 0 Å². The molecule has 1 aliphatic carbocycles. The van der Waals surface area contributed by atoms with E-state index in [-0.39, 0.29) is 17.4 Å². The monoisotopic (exact) mass is 450 g/mol. The predicted molar refractivity (Wildman–Crippen MR) is 129 cm³/mol. The highest BCUT2D eigenvalue weighted by Gasteiger charge is 2.30. The number of hydrogen-bond acceptors (Lipinski definition) is 5. The number of nitrogens with one attached hydrogen (secondary N) is 1. The van der Waals surface area contributed by atoms with E-state index in [1.54, 1.807) is 4.57 Å². The lowest BCUT2D eigenvalue weighted by molar-refractivity contribution is -0.125. The normalized spacial score (nSPS) is 19.5. The highest BCUT2D eigenvalue weighted by Crippen LogP contribution is 2.26. The minimum atomic E-state index is -0.0627. The number of carbonyl (C=O) groups is 1. The number of aromatic nitrogens is 2. The first-order valence-corrected chi connectivity index (χ1v) is 12.6. The number of thiophene rings is 1. The van der Waals surface area contributed by atoms with Crippen LogP contribution >= 0.6 is 11.3 Å². The fourth-order valence-electron chi connectivity index (χ4n) is 4.95. The van der Waals surface area contributed by atoms with Gasteiger partial charge in [0.2, 0.25) is 11.9 Å². The van der Waals surface area contributed by atoms with Crippen LogP contribution in [0.2, 0.25) is 0 Å². The molecular formula is C25H30N4O2S. The van der Waals surface area contributed by atoms with Crippen LogP contribution in [0.4, 0.5) is 5.95 Å². The summed E-state index contributed by atoms with van der Waals surface area (Å²) in [4.78, 5) is 33.4. The first kappa shape index (κ1) is 21.2. The molecule has 168 valence electrons. The third-order valence-corrected chi connectivity index (χ3v) is 7.68. The fourth-order valence-corrected chi connectivity index (χ4v) is 5.73. The molecule has 1 saturated heterocycles. The molecule has 7 heteroatoms. The maximum Gasteiger partial charge on any atom is 0.273 e. The Morgan fingerprint density at radius 2 is 1.91 bits per heavy atom. The van der Waals surface area contributed by atoms with Crippen LogP contribution in [0.3, 0.4) is 0 Å². The number of fused-ring (bicyclic) bond motifs is 1. The molecule has 1 N–H and O–H groups in total. The number of aryl methyl sites for hydroxylation is 1. The van der Waals surface area contributed by atoms with Gasteiger partial charge in [-0.3, -0.25) is 14.2 Å². The second-order valence-electron chi connectivity index (χ2n) is 9.20. The Morgan fingerprint density at radius 3 is 2.69 bits per heavy atom. The van der Waals surface area contributed by atoms with Crippen LogP contribution in [0, 0.1) is 12.8 Å². The zero-order valence-corrected chi connectivity index (χ0v) is 19.4. The lowest BCUT2D eigenvalue weighted by Gasteiger charge is -2.34. The van der Waals surface area contributed by atoms with Crippen molar-refractivity contribution >= 4 is 33.4 Å². The van der Waals surface area contributed by atoms with Crippen molar-refractivity contribution in [2.24, 2.45) is 5.92 Å². The standard InChI is InChI=1S/C25H30N4O2S/c1-17-8-10-18(11-9-17)15-29-24(31)22-21(12-14-32-22)27-25(29)28-13-4-5-19(16-28)23(30)26-20-6-2-3-7-20/h8-12,14,19-20H,2-7,13,15-16H2,1H3,(H,26,30)/t19-/m0/s1. The molecule has 1 atom stereocenters. The number of amides is 1. The first-order chi connectivity index (χ1) is 15.6. The molecular weight excluding hydrogens is 420 g/mol. The number of piperidine rings is 1. The molecule has 1 amide bonds. The van der Waals surface area contributed by atoms with Gasteiger partial charge < -0.3 is 10.2 Å². The summed E-state index contributed by atoms with van der Waals surface area (Å²) in [7, 11) is 0. The number of anilines is 1. The van der Waals surface area contributed by atoms with Gasteiger partial charge in [0.25, 0.3) is 5.56 Å². The summed E-state index contributed by atoms with van der Waals surface area (Å²) < 4.78 is 2.48. The third kappa shape index (κ3) is 4.31. The number of nitrogens with zero attached hydrogens (tertiary/aromatic N) is 3. The van der Waals surface area contributed by atoms with Gasteiger partial charge in [0.05, 0.1) is 18.0 Å². The Labute approximate surface area is 192 Å². The zero-order valence-electron chi connectivity index (χ0n) is 18.5. The molecule has 0 spiro atoms. The van der Waals surface area contributed by atoms with Crippen molar-refractivity contribution in [3.05, 3.63) is 57.2 Å². The summed E-state index contributed by atoms with van der Waals surface area (Å²) in [6.45, 7) is 3.95. The van der Waals surface area contributed by atoms with Gasteiger partial charge in [-0.2, -0.15) is 0 Å². The van der Waals surface area contributed by atoms with Gasteiger partial charge in [0.15, 0.2) is 0 Å². The van der Waals surface area contributed by atoms with Gasteiger partial charge in [0.1, 0.15) is 4.70 Å². The quantitative estimate of drug-likeness (QED) is 0.636. The summed E-state index contributed by atoms with van der Waals surface area (Å²) in [5.41, 5.74) is 3.01. The summed E-state index contributed by atoms with van der Waals surface area (Å²) >= 11 is 1.44. The van der Waals surface area contributed by atoms with E-state index in [0.29, 0.717) is 29.8 Å². The Morgan fingerprint density at radius 1 is 1.12 bits per heavy atom. The molecule has 6 nitrogen and oxygen atoms in total. The van der Waals surface area contributed by atoms with Crippen molar-refractivity contribution in [3.8, 4) is 0 Å². The third-order valence-electron chi connectivity index (χ3n) is 6.78. The second-order valence-corrected chi connectivity index (χ2v) is 10.1. The summed E-state index contributed by atoms with van der Waals surface area (Å²) in [6, 6.07) is 10.5. The topological polar surface area (TPSA) is 67.2 Å². The van der Waals surface area contributed by atoms with Crippen LogP contribution in [-0.2, 0) is 11.3 Å². The van der Waals surface area contributed by atoms with E-state index < -0.39 is 0 Å². The summed E-state index contributed by atoms with van der Waals surface area (Å²) in [6.07, 6.45) is 6.40. The predicted octanol–water partition coefficient (Wildman–Crippen LogP) is 4.09. The lowest BCUT2D eigenvalue weighted by Crippen LogP contribution is -2.47. The number of hydrogen-bond donors (Lipinski definition) is 1. The molecule has 1 aromatic carbocycles. The fraction of sp³-hybridized carbons (Fsp3) is 0.480.